The van der Waals surface area contributed by atoms with Crippen molar-refractivity contribution in [1.82, 2.24) is 29.6 Å². The Morgan fingerprint density at radius 3 is 2.81 bits per heavy atom. The minimum atomic E-state index is -0.00281. The number of pyridine rings is 1. The lowest BCUT2D eigenvalue weighted by atomic mass is 9.93. The third-order valence-electron chi connectivity index (χ3n) is 6.74. The highest BCUT2D eigenvalue weighted by Crippen LogP contribution is 2.31. The fourth-order valence-corrected chi connectivity index (χ4v) is 4.91. The summed E-state index contributed by atoms with van der Waals surface area (Å²) in [6, 6.07) is 3.94. The van der Waals surface area contributed by atoms with Gasteiger partial charge in [-0.05, 0) is 50.2 Å². The van der Waals surface area contributed by atoms with E-state index in [9.17, 15) is 9.59 Å². The van der Waals surface area contributed by atoms with Crippen LogP contribution in [0.2, 0.25) is 0 Å². The number of carbonyl (C=O) groups is 2. The molecule has 0 atom stereocenters. The SMILES string of the molecule is CNC(=O)CC1CCN(C(=O)c2cnn3ccc(Nc4c5c(nn4C)CCC5)cc23)CC1. The number of likely N-dealkylation sites (tertiary alicyclic amines) is 1. The summed E-state index contributed by atoms with van der Waals surface area (Å²) in [5.41, 5.74) is 4.77. The summed E-state index contributed by atoms with van der Waals surface area (Å²) < 4.78 is 3.64. The molecule has 0 unspecified atom stereocenters. The molecule has 2 N–H and O–H groups in total. The first-order valence-corrected chi connectivity index (χ1v) is 11.3. The standard InChI is InChI=1S/C23H29N7O2/c1-24-21(31)12-15-6-9-29(10-7-15)23(32)18-14-25-30-11-8-16(13-20(18)30)26-22-17-4-3-5-19(17)27-28(22)2/h8,11,13-15,26H,3-7,9-10,12H2,1-2H3,(H,24,31). The van der Waals surface area contributed by atoms with Gasteiger partial charge >= 0.3 is 0 Å². The molecular formula is C23H29N7O2. The predicted molar refractivity (Wildman–Crippen MR) is 121 cm³/mol. The van der Waals surface area contributed by atoms with E-state index in [0.29, 0.717) is 31.0 Å². The summed E-state index contributed by atoms with van der Waals surface area (Å²) in [5.74, 6) is 1.42. The van der Waals surface area contributed by atoms with Gasteiger partial charge in [0.05, 0.1) is 23.0 Å². The maximum Gasteiger partial charge on any atom is 0.257 e. The van der Waals surface area contributed by atoms with Gasteiger partial charge in [-0.15, -0.1) is 0 Å². The van der Waals surface area contributed by atoms with Gasteiger partial charge in [0.2, 0.25) is 5.91 Å². The monoisotopic (exact) mass is 435 g/mol. The summed E-state index contributed by atoms with van der Waals surface area (Å²) >= 11 is 0. The Morgan fingerprint density at radius 2 is 2.03 bits per heavy atom. The van der Waals surface area contributed by atoms with E-state index < -0.39 is 0 Å². The molecule has 0 spiro atoms. The number of nitrogens with zero attached hydrogens (tertiary/aromatic N) is 5. The van der Waals surface area contributed by atoms with E-state index in [2.05, 4.69) is 20.8 Å². The molecule has 1 aliphatic carbocycles. The highest BCUT2D eigenvalue weighted by atomic mass is 16.2. The van der Waals surface area contributed by atoms with Crippen molar-refractivity contribution in [2.24, 2.45) is 13.0 Å². The van der Waals surface area contributed by atoms with Crippen LogP contribution in [0, 0.1) is 5.92 Å². The molecule has 3 aromatic heterocycles. The zero-order valence-electron chi connectivity index (χ0n) is 18.6. The van der Waals surface area contributed by atoms with Crippen LogP contribution >= 0.6 is 0 Å². The van der Waals surface area contributed by atoms with Gasteiger partial charge < -0.3 is 15.5 Å². The number of hydrogen-bond donors (Lipinski definition) is 2. The number of anilines is 2. The van der Waals surface area contributed by atoms with Crippen LogP contribution in [0.25, 0.3) is 5.52 Å². The Bertz CT molecular complexity index is 1170. The number of hydrogen-bond acceptors (Lipinski definition) is 5. The van der Waals surface area contributed by atoms with Gasteiger partial charge in [-0.1, -0.05) is 0 Å². The maximum atomic E-state index is 13.3. The minimum Gasteiger partial charge on any atom is -0.359 e. The van der Waals surface area contributed by atoms with E-state index in [1.807, 2.05) is 35.0 Å². The highest BCUT2D eigenvalue weighted by Gasteiger charge is 2.27. The van der Waals surface area contributed by atoms with Crippen LogP contribution in [0.15, 0.2) is 24.5 Å². The molecule has 0 bridgehead atoms. The molecule has 9 heteroatoms. The van der Waals surface area contributed by atoms with Crippen LogP contribution in [0.5, 0.6) is 0 Å². The third-order valence-corrected chi connectivity index (χ3v) is 6.74. The number of fused-ring (bicyclic) bond motifs is 2. The van der Waals surface area contributed by atoms with Gasteiger partial charge in [-0.2, -0.15) is 10.2 Å². The maximum absolute atomic E-state index is 13.3. The molecule has 2 amide bonds. The van der Waals surface area contributed by atoms with Gasteiger partial charge in [0.25, 0.3) is 5.91 Å². The average Bonchev–Trinajstić information content (AvgIpc) is 3.50. The van der Waals surface area contributed by atoms with Crippen molar-refractivity contribution in [3.63, 3.8) is 0 Å². The number of aryl methyl sites for hydroxylation is 2. The van der Waals surface area contributed by atoms with Crippen molar-refractivity contribution >= 4 is 28.8 Å². The molecule has 0 saturated carbocycles. The lowest BCUT2D eigenvalue weighted by Crippen LogP contribution is -2.39. The molecule has 32 heavy (non-hydrogen) atoms. The fourth-order valence-electron chi connectivity index (χ4n) is 4.91. The van der Waals surface area contributed by atoms with Crippen LogP contribution < -0.4 is 10.6 Å². The van der Waals surface area contributed by atoms with E-state index in [1.165, 1.54) is 11.3 Å². The number of aromatic nitrogens is 4. The van der Waals surface area contributed by atoms with Crippen LogP contribution in [-0.2, 0) is 24.7 Å². The summed E-state index contributed by atoms with van der Waals surface area (Å²) in [6.07, 6.45) is 8.97. The van der Waals surface area contributed by atoms with E-state index in [4.69, 9.17) is 0 Å². The number of rotatable bonds is 5. The van der Waals surface area contributed by atoms with E-state index in [1.54, 1.807) is 17.8 Å². The van der Waals surface area contributed by atoms with Crippen molar-refractivity contribution in [2.75, 3.05) is 25.5 Å². The van der Waals surface area contributed by atoms with E-state index >= 15 is 0 Å². The van der Waals surface area contributed by atoms with Gasteiger partial charge in [0.1, 0.15) is 5.82 Å². The van der Waals surface area contributed by atoms with Crippen LogP contribution in [0.4, 0.5) is 11.5 Å². The Balaban J connectivity index is 1.33. The highest BCUT2D eigenvalue weighted by molar-refractivity contribution is 6.01. The number of carbonyl (C=O) groups excluding carboxylic acids is 2. The molecule has 168 valence electrons. The largest absolute Gasteiger partial charge is 0.359 e. The first-order valence-electron chi connectivity index (χ1n) is 11.3. The van der Waals surface area contributed by atoms with Gasteiger partial charge in [-0.25, -0.2) is 4.52 Å². The van der Waals surface area contributed by atoms with Crippen molar-refractivity contribution in [3.05, 3.63) is 41.3 Å². The van der Waals surface area contributed by atoms with Gasteiger partial charge in [0.15, 0.2) is 0 Å². The van der Waals surface area contributed by atoms with Crippen molar-refractivity contribution in [2.45, 2.75) is 38.5 Å². The second-order valence-electron chi connectivity index (χ2n) is 8.79. The zero-order chi connectivity index (χ0) is 22.2. The second-order valence-corrected chi connectivity index (χ2v) is 8.79. The minimum absolute atomic E-state index is 0.00281. The van der Waals surface area contributed by atoms with Crippen LogP contribution in [-0.4, -0.2) is 56.2 Å². The fraction of sp³-hybridized carbons (Fsp3) is 0.478. The molecule has 0 aromatic carbocycles. The third kappa shape index (κ3) is 3.72. The molecule has 0 radical (unpaired) electrons. The quantitative estimate of drug-likeness (QED) is 0.641. The Kier molecular flexibility index (Phi) is 5.32. The predicted octanol–water partition coefficient (Wildman–Crippen LogP) is 2.29. The number of amides is 2. The smallest absolute Gasteiger partial charge is 0.257 e. The van der Waals surface area contributed by atoms with E-state index in [0.717, 1.165) is 49.1 Å². The first kappa shape index (κ1) is 20.5. The molecule has 5 rings (SSSR count). The normalized spacial score (nSPS) is 16.4. The lowest BCUT2D eigenvalue weighted by molar-refractivity contribution is -0.121. The summed E-state index contributed by atoms with van der Waals surface area (Å²) in [4.78, 5) is 26.8. The lowest BCUT2D eigenvalue weighted by Gasteiger charge is -2.31. The van der Waals surface area contributed by atoms with Crippen LogP contribution in [0.3, 0.4) is 0 Å². The Labute approximate surface area is 186 Å². The molecule has 1 fully saturated rings. The number of nitrogens with one attached hydrogen (secondary N) is 2. The first-order chi connectivity index (χ1) is 15.5. The molecule has 2 aliphatic rings. The van der Waals surface area contributed by atoms with Crippen molar-refractivity contribution < 1.29 is 9.59 Å². The second kappa shape index (κ2) is 8.29. The van der Waals surface area contributed by atoms with Crippen molar-refractivity contribution in [1.29, 1.82) is 0 Å². The molecule has 9 nitrogen and oxygen atoms in total. The molecule has 1 saturated heterocycles. The molecule has 1 aliphatic heterocycles. The topological polar surface area (TPSA) is 96.6 Å². The van der Waals surface area contributed by atoms with Crippen molar-refractivity contribution in [3.8, 4) is 0 Å². The van der Waals surface area contributed by atoms with Gasteiger partial charge in [-0.3, -0.25) is 14.3 Å². The Morgan fingerprint density at radius 1 is 1.22 bits per heavy atom. The summed E-state index contributed by atoms with van der Waals surface area (Å²) in [5, 5.41) is 15.2. The van der Waals surface area contributed by atoms with Gasteiger partial charge in [0, 0.05) is 51.1 Å². The Hall–Kier alpha value is -3.36. The molecular weight excluding hydrogens is 406 g/mol. The zero-order valence-corrected chi connectivity index (χ0v) is 18.6. The van der Waals surface area contributed by atoms with Crippen LogP contribution in [0.1, 0.15) is 47.3 Å². The summed E-state index contributed by atoms with van der Waals surface area (Å²) in [7, 11) is 3.62. The number of piperidine rings is 1. The van der Waals surface area contributed by atoms with E-state index in [-0.39, 0.29) is 11.8 Å². The molecule has 3 aromatic rings. The molecule has 4 heterocycles. The summed E-state index contributed by atoms with van der Waals surface area (Å²) in [6.45, 7) is 1.33. The average molecular weight is 436 g/mol.